The number of nitrogens with one attached hydrogen (secondary N) is 1. The van der Waals surface area contributed by atoms with E-state index in [1.54, 1.807) is 18.2 Å². The SMILES string of the molecule is Cc1ccc(/C(O)=C/C(=O)/C=C2\NC(C)(C)Cc3ccccc32)cc1. The van der Waals surface area contributed by atoms with Crippen LogP contribution in [0.2, 0.25) is 0 Å². The van der Waals surface area contributed by atoms with Crippen LogP contribution in [0.25, 0.3) is 11.5 Å². The van der Waals surface area contributed by atoms with Gasteiger partial charge in [0.05, 0.1) is 0 Å². The fourth-order valence-corrected chi connectivity index (χ4v) is 3.13. The molecule has 2 aromatic rings. The van der Waals surface area contributed by atoms with Gasteiger partial charge in [0.2, 0.25) is 0 Å². The minimum absolute atomic E-state index is 0.0230. The lowest BCUT2D eigenvalue weighted by molar-refractivity contribution is -0.110. The summed E-state index contributed by atoms with van der Waals surface area (Å²) in [4.78, 5) is 12.4. The van der Waals surface area contributed by atoms with Gasteiger partial charge in [0, 0.05) is 34.5 Å². The van der Waals surface area contributed by atoms with Crippen LogP contribution in [0.5, 0.6) is 0 Å². The van der Waals surface area contributed by atoms with Crippen molar-refractivity contribution in [3.05, 3.63) is 82.9 Å². The highest BCUT2D eigenvalue weighted by atomic mass is 16.3. The van der Waals surface area contributed by atoms with Crippen LogP contribution in [-0.4, -0.2) is 16.4 Å². The molecule has 0 aliphatic carbocycles. The Hall–Kier alpha value is -2.81. The van der Waals surface area contributed by atoms with E-state index >= 15 is 0 Å². The molecule has 0 atom stereocenters. The summed E-state index contributed by atoms with van der Waals surface area (Å²) in [5.74, 6) is -0.265. The number of carbonyl (C=O) groups excluding carboxylic acids is 1. The number of aryl methyl sites for hydroxylation is 1. The van der Waals surface area contributed by atoms with Crippen molar-refractivity contribution in [3.63, 3.8) is 0 Å². The molecule has 0 radical (unpaired) electrons. The first-order valence-electron chi connectivity index (χ1n) is 8.44. The monoisotopic (exact) mass is 333 g/mol. The zero-order chi connectivity index (χ0) is 18.0. The van der Waals surface area contributed by atoms with Gasteiger partial charge in [0.15, 0.2) is 5.78 Å². The number of aliphatic hydroxyl groups excluding tert-OH is 1. The summed E-state index contributed by atoms with van der Waals surface area (Å²) in [6.45, 7) is 6.20. The van der Waals surface area contributed by atoms with Crippen LogP contribution in [0.1, 0.15) is 36.1 Å². The normalized spacial score (nSPS) is 17.7. The van der Waals surface area contributed by atoms with Gasteiger partial charge < -0.3 is 10.4 Å². The molecule has 3 nitrogen and oxygen atoms in total. The van der Waals surface area contributed by atoms with Gasteiger partial charge in [-0.3, -0.25) is 4.79 Å². The Kier molecular flexibility index (Phi) is 4.49. The lowest BCUT2D eigenvalue weighted by atomic mass is 9.85. The van der Waals surface area contributed by atoms with Crippen LogP contribution >= 0.6 is 0 Å². The molecule has 1 aliphatic rings. The van der Waals surface area contributed by atoms with Crippen molar-refractivity contribution in [2.24, 2.45) is 0 Å². The van der Waals surface area contributed by atoms with Gasteiger partial charge in [-0.25, -0.2) is 0 Å². The molecule has 0 saturated heterocycles. The van der Waals surface area contributed by atoms with E-state index < -0.39 is 0 Å². The second-order valence-electron chi connectivity index (χ2n) is 7.20. The van der Waals surface area contributed by atoms with E-state index in [9.17, 15) is 9.90 Å². The molecule has 0 aromatic heterocycles. The van der Waals surface area contributed by atoms with E-state index in [2.05, 4.69) is 25.2 Å². The third kappa shape index (κ3) is 4.00. The first kappa shape index (κ1) is 17.0. The number of fused-ring (bicyclic) bond motifs is 1. The first-order valence-corrected chi connectivity index (χ1v) is 8.44. The zero-order valence-corrected chi connectivity index (χ0v) is 14.8. The first-order chi connectivity index (χ1) is 11.8. The third-order valence-electron chi connectivity index (χ3n) is 4.33. The fourth-order valence-electron chi connectivity index (χ4n) is 3.13. The average molecular weight is 333 g/mol. The van der Waals surface area contributed by atoms with Crippen molar-refractivity contribution in [2.75, 3.05) is 0 Å². The van der Waals surface area contributed by atoms with Gasteiger partial charge in [-0.2, -0.15) is 0 Å². The van der Waals surface area contributed by atoms with Crippen LogP contribution in [0.15, 0.2) is 60.7 Å². The molecule has 0 unspecified atom stereocenters. The lowest BCUT2D eigenvalue weighted by Gasteiger charge is -2.35. The van der Waals surface area contributed by atoms with E-state index in [4.69, 9.17) is 0 Å². The summed E-state index contributed by atoms with van der Waals surface area (Å²) in [5, 5.41) is 13.6. The number of benzene rings is 2. The van der Waals surface area contributed by atoms with E-state index in [1.807, 2.05) is 37.3 Å². The Morgan fingerprint density at radius 3 is 2.52 bits per heavy atom. The van der Waals surface area contributed by atoms with E-state index in [0.717, 1.165) is 23.2 Å². The predicted molar refractivity (Wildman–Crippen MR) is 102 cm³/mol. The summed E-state index contributed by atoms with van der Waals surface area (Å²) in [6, 6.07) is 15.5. The highest BCUT2D eigenvalue weighted by Crippen LogP contribution is 2.29. The molecule has 0 saturated carbocycles. The van der Waals surface area contributed by atoms with Gasteiger partial charge in [0.25, 0.3) is 0 Å². The molecular weight excluding hydrogens is 310 g/mol. The van der Waals surface area contributed by atoms with Crippen molar-refractivity contribution >= 4 is 17.2 Å². The maximum Gasteiger partial charge on any atom is 0.184 e. The number of hydrogen-bond donors (Lipinski definition) is 2. The molecule has 0 bridgehead atoms. The molecule has 3 rings (SSSR count). The minimum Gasteiger partial charge on any atom is -0.507 e. The van der Waals surface area contributed by atoms with Gasteiger partial charge in [-0.05, 0) is 32.8 Å². The highest BCUT2D eigenvalue weighted by molar-refractivity contribution is 6.07. The van der Waals surface area contributed by atoms with E-state index in [-0.39, 0.29) is 17.1 Å². The van der Waals surface area contributed by atoms with E-state index in [1.165, 1.54) is 11.6 Å². The number of aliphatic hydroxyl groups is 1. The number of rotatable bonds is 3. The van der Waals surface area contributed by atoms with Crippen molar-refractivity contribution in [1.29, 1.82) is 0 Å². The lowest BCUT2D eigenvalue weighted by Crippen LogP contribution is -2.43. The summed E-state index contributed by atoms with van der Waals surface area (Å²) >= 11 is 0. The fraction of sp³-hybridized carbons (Fsp3) is 0.227. The maximum atomic E-state index is 12.4. The summed E-state index contributed by atoms with van der Waals surface area (Å²) < 4.78 is 0. The molecule has 0 amide bonds. The Balaban J connectivity index is 1.90. The molecule has 128 valence electrons. The van der Waals surface area contributed by atoms with Crippen LogP contribution in [0, 0.1) is 6.92 Å². The molecule has 2 aromatic carbocycles. The topological polar surface area (TPSA) is 49.3 Å². The van der Waals surface area contributed by atoms with Crippen molar-refractivity contribution in [2.45, 2.75) is 32.7 Å². The zero-order valence-electron chi connectivity index (χ0n) is 14.8. The van der Waals surface area contributed by atoms with Crippen LogP contribution in [0.4, 0.5) is 0 Å². The molecule has 2 N–H and O–H groups in total. The van der Waals surface area contributed by atoms with Crippen molar-refractivity contribution in [1.82, 2.24) is 5.32 Å². The summed E-state index contributed by atoms with van der Waals surface area (Å²) in [7, 11) is 0. The van der Waals surface area contributed by atoms with Crippen molar-refractivity contribution in [3.8, 4) is 0 Å². The Morgan fingerprint density at radius 1 is 1.12 bits per heavy atom. The van der Waals surface area contributed by atoms with Gasteiger partial charge in [-0.1, -0.05) is 54.1 Å². The predicted octanol–water partition coefficient (Wildman–Crippen LogP) is 4.43. The number of carbonyl (C=O) groups is 1. The second kappa shape index (κ2) is 6.60. The van der Waals surface area contributed by atoms with Gasteiger partial charge in [0.1, 0.15) is 5.76 Å². The molecule has 0 spiro atoms. The van der Waals surface area contributed by atoms with Crippen LogP contribution in [0.3, 0.4) is 0 Å². The Bertz CT molecular complexity index is 858. The number of allylic oxidation sites excluding steroid dienone is 2. The van der Waals surface area contributed by atoms with Gasteiger partial charge in [-0.15, -0.1) is 0 Å². The standard InChI is InChI=1S/C22H23NO2/c1-15-8-10-16(11-9-15)21(25)13-18(24)12-20-19-7-5-4-6-17(19)14-22(2,3)23-20/h4-13,23,25H,14H2,1-3H3/b20-12-,21-13-. The molecule has 0 fully saturated rings. The highest BCUT2D eigenvalue weighted by Gasteiger charge is 2.27. The van der Waals surface area contributed by atoms with Crippen LogP contribution in [-0.2, 0) is 11.2 Å². The largest absolute Gasteiger partial charge is 0.507 e. The minimum atomic E-state index is -0.243. The van der Waals surface area contributed by atoms with Gasteiger partial charge >= 0.3 is 0 Å². The van der Waals surface area contributed by atoms with E-state index in [0.29, 0.717) is 5.56 Å². The molecule has 1 heterocycles. The number of hydrogen-bond acceptors (Lipinski definition) is 3. The Labute approximate surface area is 148 Å². The Morgan fingerprint density at radius 2 is 1.80 bits per heavy atom. The molecular formula is C22H23NO2. The molecule has 3 heteroatoms. The van der Waals surface area contributed by atoms with Crippen LogP contribution < -0.4 is 5.32 Å². The molecule has 25 heavy (non-hydrogen) atoms. The third-order valence-corrected chi connectivity index (χ3v) is 4.33. The number of ketones is 1. The quantitative estimate of drug-likeness (QED) is 0.645. The summed E-state index contributed by atoms with van der Waals surface area (Å²) in [5.41, 5.74) is 4.67. The smallest absolute Gasteiger partial charge is 0.184 e. The van der Waals surface area contributed by atoms with Crippen molar-refractivity contribution < 1.29 is 9.90 Å². The summed E-state index contributed by atoms with van der Waals surface area (Å²) in [6.07, 6.45) is 3.73. The average Bonchev–Trinajstić information content (AvgIpc) is 2.54. The molecule has 1 aliphatic heterocycles. The second-order valence-corrected chi connectivity index (χ2v) is 7.20. The maximum absolute atomic E-state index is 12.4.